The van der Waals surface area contributed by atoms with Gasteiger partial charge in [-0.3, -0.25) is 4.79 Å². The van der Waals surface area contributed by atoms with E-state index in [0.717, 1.165) is 12.0 Å². The van der Waals surface area contributed by atoms with Gasteiger partial charge in [0.15, 0.2) is 17.6 Å². The molecule has 25 heavy (non-hydrogen) atoms. The van der Waals surface area contributed by atoms with Gasteiger partial charge in [-0.1, -0.05) is 42.8 Å². The molecule has 0 aromatic heterocycles. The van der Waals surface area contributed by atoms with Gasteiger partial charge >= 0.3 is 0 Å². The minimum atomic E-state index is -0.615. The Bertz CT molecular complexity index is 727. The summed E-state index contributed by atoms with van der Waals surface area (Å²) in [5.74, 6) is 1.04. The summed E-state index contributed by atoms with van der Waals surface area (Å²) in [6.45, 7) is 7.96. The van der Waals surface area contributed by atoms with Crippen molar-refractivity contribution in [1.29, 1.82) is 0 Å². The highest BCUT2D eigenvalue weighted by atomic mass is 16.5. The number of carbonyl (C=O) groups is 1. The number of aryl methyl sites for hydroxylation is 2. The number of rotatable bonds is 7. The van der Waals surface area contributed by atoms with Crippen LogP contribution in [0, 0.1) is 13.8 Å². The maximum atomic E-state index is 12.6. The minimum Gasteiger partial charge on any atom is -0.493 e. The molecule has 2 aromatic rings. The maximum absolute atomic E-state index is 12.6. The van der Waals surface area contributed by atoms with Gasteiger partial charge in [0.1, 0.15) is 0 Å². The fourth-order valence-corrected chi connectivity index (χ4v) is 2.87. The number of para-hydroxylation sites is 2. The van der Waals surface area contributed by atoms with Crippen molar-refractivity contribution in [3.8, 4) is 11.5 Å². The highest BCUT2D eigenvalue weighted by Gasteiger charge is 2.21. The normalized spacial score (nSPS) is 13.0. The maximum Gasteiger partial charge on any atom is 0.261 e. The van der Waals surface area contributed by atoms with E-state index >= 15 is 0 Å². The molecule has 0 aliphatic heterocycles. The molecule has 0 aliphatic carbocycles. The van der Waals surface area contributed by atoms with Gasteiger partial charge in [0.25, 0.3) is 5.91 Å². The van der Waals surface area contributed by atoms with Crippen molar-refractivity contribution < 1.29 is 14.3 Å². The first-order valence-corrected chi connectivity index (χ1v) is 8.63. The standard InChI is InChI=1S/C21H27NO3/c1-6-18(17-12-11-14(2)13-15(17)3)22-21(23)16(4)25-20-10-8-7-9-19(20)24-5/h7-13,16,18H,6H2,1-5H3,(H,22,23). The Balaban J connectivity index is 2.08. The topological polar surface area (TPSA) is 47.6 Å². The summed E-state index contributed by atoms with van der Waals surface area (Å²) in [6, 6.07) is 13.6. The lowest BCUT2D eigenvalue weighted by Gasteiger charge is -2.23. The molecule has 4 nitrogen and oxygen atoms in total. The van der Waals surface area contributed by atoms with E-state index < -0.39 is 6.10 Å². The molecule has 2 aromatic carbocycles. The Morgan fingerprint density at radius 3 is 2.40 bits per heavy atom. The second-order valence-electron chi connectivity index (χ2n) is 6.24. The van der Waals surface area contributed by atoms with Gasteiger partial charge in [-0.15, -0.1) is 0 Å². The van der Waals surface area contributed by atoms with Crippen LogP contribution in [0.3, 0.4) is 0 Å². The molecular formula is C21H27NO3. The van der Waals surface area contributed by atoms with Crippen LogP contribution < -0.4 is 14.8 Å². The van der Waals surface area contributed by atoms with Gasteiger partial charge in [-0.25, -0.2) is 0 Å². The molecule has 0 fully saturated rings. The zero-order chi connectivity index (χ0) is 18.4. The summed E-state index contributed by atoms with van der Waals surface area (Å²) in [4.78, 5) is 12.6. The number of methoxy groups -OCH3 is 1. The number of carbonyl (C=O) groups excluding carboxylic acids is 1. The molecule has 0 saturated heterocycles. The fraction of sp³-hybridized carbons (Fsp3) is 0.381. The Labute approximate surface area is 150 Å². The molecule has 0 bridgehead atoms. The van der Waals surface area contributed by atoms with Crippen molar-refractivity contribution >= 4 is 5.91 Å². The molecule has 1 amide bonds. The first-order chi connectivity index (χ1) is 12.0. The molecule has 1 N–H and O–H groups in total. The van der Waals surface area contributed by atoms with Crippen LogP contribution in [0.2, 0.25) is 0 Å². The summed E-state index contributed by atoms with van der Waals surface area (Å²) in [6.07, 6.45) is 0.202. The zero-order valence-electron chi connectivity index (χ0n) is 15.6. The van der Waals surface area contributed by atoms with E-state index in [1.54, 1.807) is 20.1 Å². The van der Waals surface area contributed by atoms with Crippen LogP contribution in [-0.4, -0.2) is 19.1 Å². The molecule has 2 atom stereocenters. The van der Waals surface area contributed by atoms with Crippen molar-refractivity contribution in [1.82, 2.24) is 5.32 Å². The number of hydrogen-bond donors (Lipinski definition) is 1. The summed E-state index contributed by atoms with van der Waals surface area (Å²) < 4.78 is 11.1. The smallest absolute Gasteiger partial charge is 0.261 e. The third kappa shape index (κ3) is 4.75. The Morgan fingerprint density at radius 2 is 1.80 bits per heavy atom. The predicted molar refractivity (Wildman–Crippen MR) is 100 cm³/mol. The Kier molecular flexibility index (Phi) is 6.45. The van der Waals surface area contributed by atoms with Crippen LogP contribution in [0.5, 0.6) is 11.5 Å². The quantitative estimate of drug-likeness (QED) is 0.814. The van der Waals surface area contributed by atoms with E-state index in [0.29, 0.717) is 11.5 Å². The first-order valence-electron chi connectivity index (χ1n) is 8.63. The van der Waals surface area contributed by atoms with Gasteiger partial charge in [-0.2, -0.15) is 0 Å². The van der Waals surface area contributed by atoms with E-state index in [1.165, 1.54) is 11.1 Å². The van der Waals surface area contributed by atoms with Crippen LogP contribution >= 0.6 is 0 Å². The van der Waals surface area contributed by atoms with Crippen LogP contribution in [0.1, 0.15) is 43.0 Å². The predicted octanol–water partition coefficient (Wildman–Crippen LogP) is 4.35. The highest BCUT2D eigenvalue weighted by Crippen LogP contribution is 2.27. The fourth-order valence-electron chi connectivity index (χ4n) is 2.87. The molecule has 0 radical (unpaired) electrons. The molecule has 2 unspecified atom stereocenters. The summed E-state index contributed by atoms with van der Waals surface area (Å²) >= 11 is 0. The van der Waals surface area contributed by atoms with E-state index in [1.807, 2.05) is 18.2 Å². The van der Waals surface area contributed by atoms with E-state index in [4.69, 9.17) is 9.47 Å². The lowest BCUT2D eigenvalue weighted by molar-refractivity contribution is -0.128. The lowest BCUT2D eigenvalue weighted by atomic mass is 9.97. The monoisotopic (exact) mass is 341 g/mol. The van der Waals surface area contributed by atoms with Crippen molar-refractivity contribution in [3.63, 3.8) is 0 Å². The third-order valence-corrected chi connectivity index (χ3v) is 4.27. The summed E-state index contributed by atoms with van der Waals surface area (Å²) in [5, 5.41) is 3.10. The number of amides is 1. The minimum absolute atomic E-state index is 0.0307. The van der Waals surface area contributed by atoms with Crippen LogP contribution in [0.15, 0.2) is 42.5 Å². The molecular weight excluding hydrogens is 314 g/mol. The number of benzene rings is 2. The SMILES string of the molecule is CCC(NC(=O)C(C)Oc1ccccc1OC)c1ccc(C)cc1C. The van der Waals surface area contributed by atoms with Gasteiger partial charge in [0.05, 0.1) is 13.2 Å². The van der Waals surface area contributed by atoms with Crippen LogP contribution in [0.4, 0.5) is 0 Å². The first kappa shape index (κ1) is 18.8. The molecule has 0 aliphatic rings. The molecule has 0 heterocycles. The number of nitrogens with one attached hydrogen (secondary N) is 1. The second kappa shape index (κ2) is 8.56. The highest BCUT2D eigenvalue weighted by molar-refractivity contribution is 5.81. The van der Waals surface area contributed by atoms with Crippen molar-refractivity contribution in [2.45, 2.75) is 46.3 Å². The average molecular weight is 341 g/mol. The second-order valence-corrected chi connectivity index (χ2v) is 6.24. The van der Waals surface area contributed by atoms with E-state index in [2.05, 4.69) is 44.3 Å². The summed E-state index contributed by atoms with van der Waals surface area (Å²) in [7, 11) is 1.58. The summed E-state index contributed by atoms with van der Waals surface area (Å²) in [5.41, 5.74) is 3.55. The van der Waals surface area contributed by atoms with Crippen molar-refractivity contribution in [2.24, 2.45) is 0 Å². The Morgan fingerprint density at radius 1 is 1.12 bits per heavy atom. The number of hydrogen-bond acceptors (Lipinski definition) is 3. The average Bonchev–Trinajstić information content (AvgIpc) is 2.60. The van der Waals surface area contributed by atoms with Gasteiger partial charge in [0, 0.05) is 0 Å². The number of ether oxygens (including phenoxy) is 2. The van der Waals surface area contributed by atoms with Crippen molar-refractivity contribution in [2.75, 3.05) is 7.11 Å². The molecule has 0 spiro atoms. The van der Waals surface area contributed by atoms with Crippen LogP contribution in [0.25, 0.3) is 0 Å². The molecule has 4 heteroatoms. The van der Waals surface area contributed by atoms with Crippen LogP contribution in [-0.2, 0) is 4.79 Å². The Hall–Kier alpha value is -2.49. The largest absolute Gasteiger partial charge is 0.493 e. The van der Waals surface area contributed by atoms with E-state index in [-0.39, 0.29) is 11.9 Å². The zero-order valence-corrected chi connectivity index (χ0v) is 15.6. The van der Waals surface area contributed by atoms with Gasteiger partial charge in [0.2, 0.25) is 0 Å². The van der Waals surface area contributed by atoms with Crippen molar-refractivity contribution in [3.05, 3.63) is 59.2 Å². The van der Waals surface area contributed by atoms with E-state index in [9.17, 15) is 4.79 Å². The molecule has 134 valence electrons. The van der Waals surface area contributed by atoms with Gasteiger partial charge in [-0.05, 0) is 50.5 Å². The molecule has 2 rings (SSSR count). The third-order valence-electron chi connectivity index (χ3n) is 4.27. The van der Waals surface area contributed by atoms with Gasteiger partial charge < -0.3 is 14.8 Å². The lowest BCUT2D eigenvalue weighted by Crippen LogP contribution is -2.38. The molecule has 0 saturated carbocycles.